The van der Waals surface area contributed by atoms with Crippen molar-refractivity contribution in [3.05, 3.63) is 59.7 Å². The van der Waals surface area contributed by atoms with Crippen LogP contribution in [0.1, 0.15) is 29.3 Å². The highest BCUT2D eigenvalue weighted by molar-refractivity contribution is 14.0. The smallest absolute Gasteiger partial charge is 0.337 e. The third-order valence-corrected chi connectivity index (χ3v) is 5.09. The monoisotopic (exact) mass is 538 g/mol. The maximum Gasteiger partial charge on any atom is 0.337 e. The van der Waals surface area contributed by atoms with Gasteiger partial charge in [-0.2, -0.15) is 0 Å². The minimum atomic E-state index is -0.333. The summed E-state index contributed by atoms with van der Waals surface area (Å²) in [6.45, 7) is 5.22. The molecule has 2 aromatic carbocycles. The van der Waals surface area contributed by atoms with E-state index < -0.39 is 0 Å². The van der Waals surface area contributed by atoms with Crippen molar-refractivity contribution in [3.8, 4) is 5.75 Å². The molecule has 7 nitrogen and oxygen atoms in total. The average molecular weight is 538 g/mol. The van der Waals surface area contributed by atoms with Gasteiger partial charge in [-0.1, -0.05) is 24.3 Å². The Bertz CT molecular complexity index is 873. The molecule has 1 unspecified atom stereocenters. The zero-order valence-electron chi connectivity index (χ0n) is 18.3. The number of hydrogen-bond donors (Lipinski definition) is 2. The van der Waals surface area contributed by atoms with Crippen LogP contribution in [0.25, 0.3) is 0 Å². The molecule has 8 heteroatoms. The summed E-state index contributed by atoms with van der Waals surface area (Å²) in [5.41, 5.74) is 2.69. The van der Waals surface area contributed by atoms with Gasteiger partial charge in [0.2, 0.25) is 0 Å². The number of guanidine groups is 1. The number of ether oxygens (including phenoxy) is 2. The molecule has 0 radical (unpaired) electrons. The fourth-order valence-corrected chi connectivity index (χ4v) is 3.54. The van der Waals surface area contributed by atoms with E-state index in [0.29, 0.717) is 18.2 Å². The van der Waals surface area contributed by atoms with Crippen LogP contribution in [-0.2, 0) is 11.3 Å². The molecule has 0 aliphatic carbocycles. The molecule has 3 rings (SSSR count). The number of esters is 1. The molecule has 168 valence electrons. The zero-order valence-corrected chi connectivity index (χ0v) is 20.6. The third kappa shape index (κ3) is 6.75. The van der Waals surface area contributed by atoms with Gasteiger partial charge in [0.05, 0.1) is 32.0 Å². The van der Waals surface area contributed by atoms with E-state index in [2.05, 4.69) is 28.5 Å². The first-order chi connectivity index (χ1) is 14.6. The van der Waals surface area contributed by atoms with Gasteiger partial charge in [-0.15, -0.1) is 24.0 Å². The summed E-state index contributed by atoms with van der Waals surface area (Å²) >= 11 is 0. The molecular formula is C23H31IN4O3. The number of halogens is 1. The van der Waals surface area contributed by atoms with E-state index in [1.165, 1.54) is 7.11 Å². The molecule has 0 saturated carbocycles. The number of benzene rings is 2. The van der Waals surface area contributed by atoms with E-state index in [1.807, 2.05) is 30.3 Å². The molecule has 0 bridgehead atoms. The molecule has 1 saturated heterocycles. The summed E-state index contributed by atoms with van der Waals surface area (Å²) in [7, 11) is 3.09. The van der Waals surface area contributed by atoms with E-state index in [-0.39, 0.29) is 29.9 Å². The first-order valence-corrected chi connectivity index (χ1v) is 10.2. The number of carbonyl (C=O) groups is 1. The van der Waals surface area contributed by atoms with E-state index in [9.17, 15) is 4.79 Å². The van der Waals surface area contributed by atoms with Crippen LogP contribution in [0.5, 0.6) is 5.75 Å². The number of para-hydroxylation sites is 2. The van der Waals surface area contributed by atoms with Gasteiger partial charge in [-0.3, -0.25) is 0 Å². The SMILES string of the molecule is CCNC(=NCc1ccc(C(=O)OC)cc1)NC1CCN(c2ccccc2OC)C1.I. The highest BCUT2D eigenvalue weighted by Crippen LogP contribution is 2.30. The normalized spacial score (nSPS) is 15.8. The zero-order chi connectivity index (χ0) is 21.3. The molecule has 0 amide bonds. The minimum absolute atomic E-state index is 0. The number of nitrogens with zero attached hydrogens (tertiary/aromatic N) is 2. The Morgan fingerprint density at radius 1 is 1.16 bits per heavy atom. The van der Waals surface area contributed by atoms with Gasteiger partial charge < -0.3 is 25.0 Å². The van der Waals surface area contributed by atoms with E-state index in [0.717, 1.165) is 49.0 Å². The van der Waals surface area contributed by atoms with Gasteiger partial charge in [0.15, 0.2) is 5.96 Å². The van der Waals surface area contributed by atoms with Crippen molar-refractivity contribution in [2.24, 2.45) is 4.99 Å². The van der Waals surface area contributed by atoms with Crippen LogP contribution in [0.4, 0.5) is 5.69 Å². The van der Waals surface area contributed by atoms with E-state index in [4.69, 9.17) is 14.5 Å². The molecule has 2 N–H and O–H groups in total. The Hall–Kier alpha value is -2.49. The van der Waals surface area contributed by atoms with Gasteiger partial charge in [0.25, 0.3) is 0 Å². The number of aliphatic imine (C=N–C) groups is 1. The quantitative estimate of drug-likeness (QED) is 0.244. The summed E-state index contributed by atoms with van der Waals surface area (Å²) in [5.74, 6) is 1.36. The Morgan fingerprint density at radius 2 is 1.90 bits per heavy atom. The van der Waals surface area contributed by atoms with Gasteiger partial charge in [0.1, 0.15) is 5.75 Å². The second kappa shape index (κ2) is 12.4. The minimum Gasteiger partial charge on any atom is -0.495 e. The highest BCUT2D eigenvalue weighted by atomic mass is 127. The summed E-state index contributed by atoms with van der Waals surface area (Å²) in [6.07, 6.45) is 1.02. The molecule has 31 heavy (non-hydrogen) atoms. The van der Waals surface area contributed by atoms with Crippen molar-refractivity contribution in [3.63, 3.8) is 0 Å². The van der Waals surface area contributed by atoms with Crippen molar-refractivity contribution in [1.29, 1.82) is 0 Å². The van der Waals surface area contributed by atoms with Gasteiger partial charge in [-0.25, -0.2) is 9.79 Å². The van der Waals surface area contributed by atoms with Gasteiger partial charge in [-0.05, 0) is 43.2 Å². The third-order valence-electron chi connectivity index (χ3n) is 5.09. The summed E-state index contributed by atoms with van der Waals surface area (Å²) in [5, 5.41) is 6.86. The molecule has 1 aliphatic rings. The van der Waals surface area contributed by atoms with Crippen LogP contribution >= 0.6 is 24.0 Å². The average Bonchev–Trinajstić information content (AvgIpc) is 3.25. The Kier molecular flexibility index (Phi) is 9.90. The fourth-order valence-electron chi connectivity index (χ4n) is 3.54. The van der Waals surface area contributed by atoms with Gasteiger partial charge in [0, 0.05) is 25.7 Å². The molecular weight excluding hydrogens is 507 g/mol. The largest absolute Gasteiger partial charge is 0.495 e. The van der Waals surface area contributed by atoms with Crippen molar-refractivity contribution in [2.45, 2.75) is 25.9 Å². The van der Waals surface area contributed by atoms with Crippen molar-refractivity contribution >= 4 is 41.6 Å². The first kappa shape index (κ1) is 24.8. The number of anilines is 1. The van der Waals surface area contributed by atoms with E-state index in [1.54, 1.807) is 19.2 Å². The van der Waals surface area contributed by atoms with Crippen molar-refractivity contribution < 1.29 is 14.3 Å². The Labute approximate surface area is 201 Å². The van der Waals surface area contributed by atoms with Crippen LogP contribution in [0.15, 0.2) is 53.5 Å². The summed E-state index contributed by atoms with van der Waals surface area (Å²) in [6, 6.07) is 15.7. The molecule has 1 atom stereocenters. The summed E-state index contributed by atoms with van der Waals surface area (Å²) < 4.78 is 10.2. The maximum atomic E-state index is 11.6. The lowest BCUT2D eigenvalue weighted by Gasteiger charge is -2.22. The Balaban J connectivity index is 0.00000341. The first-order valence-electron chi connectivity index (χ1n) is 10.2. The molecule has 1 fully saturated rings. The molecule has 2 aromatic rings. The number of methoxy groups -OCH3 is 2. The lowest BCUT2D eigenvalue weighted by Crippen LogP contribution is -2.44. The van der Waals surface area contributed by atoms with Crippen molar-refractivity contribution in [2.75, 3.05) is 38.8 Å². The van der Waals surface area contributed by atoms with E-state index >= 15 is 0 Å². The standard InChI is InChI=1S/C23H30N4O3.HI/c1-4-24-23(25-15-17-9-11-18(12-10-17)22(28)30-3)26-19-13-14-27(16-19)20-7-5-6-8-21(20)29-2;/h5-12,19H,4,13-16H2,1-3H3,(H2,24,25,26);1H. The fraction of sp³-hybridized carbons (Fsp3) is 0.391. The lowest BCUT2D eigenvalue weighted by atomic mass is 10.1. The number of carbonyl (C=O) groups excluding carboxylic acids is 1. The van der Waals surface area contributed by atoms with Crippen LogP contribution in [0.2, 0.25) is 0 Å². The topological polar surface area (TPSA) is 75.2 Å². The second-order valence-corrected chi connectivity index (χ2v) is 7.13. The Morgan fingerprint density at radius 3 is 2.58 bits per heavy atom. The maximum absolute atomic E-state index is 11.6. The second-order valence-electron chi connectivity index (χ2n) is 7.13. The van der Waals surface area contributed by atoms with Crippen LogP contribution in [0, 0.1) is 0 Å². The molecule has 0 spiro atoms. The highest BCUT2D eigenvalue weighted by Gasteiger charge is 2.25. The number of nitrogens with one attached hydrogen (secondary N) is 2. The lowest BCUT2D eigenvalue weighted by molar-refractivity contribution is 0.0600. The molecule has 0 aromatic heterocycles. The predicted molar refractivity (Wildman–Crippen MR) is 135 cm³/mol. The van der Waals surface area contributed by atoms with Crippen molar-refractivity contribution in [1.82, 2.24) is 10.6 Å². The van der Waals surface area contributed by atoms with Crippen LogP contribution in [0.3, 0.4) is 0 Å². The van der Waals surface area contributed by atoms with Crippen LogP contribution in [-0.4, -0.2) is 51.8 Å². The molecule has 1 heterocycles. The summed E-state index contributed by atoms with van der Waals surface area (Å²) in [4.78, 5) is 18.6. The number of rotatable bonds is 7. The molecule has 1 aliphatic heterocycles. The van der Waals surface area contributed by atoms with Crippen LogP contribution < -0.4 is 20.3 Å². The van der Waals surface area contributed by atoms with Gasteiger partial charge >= 0.3 is 5.97 Å². The number of hydrogen-bond acceptors (Lipinski definition) is 5. The predicted octanol–water partition coefficient (Wildman–Crippen LogP) is 3.43.